The number of ether oxygens (including phenoxy) is 1. The van der Waals surface area contributed by atoms with E-state index in [2.05, 4.69) is 15.6 Å². The number of aliphatic hydroxyl groups excluding tert-OH is 1. The molecule has 3 N–H and O–H groups in total. The molecule has 0 radical (unpaired) electrons. The summed E-state index contributed by atoms with van der Waals surface area (Å²) in [5, 5.41) is 16.0. The van der Waals surface area contributed by atoms with Crippen molar-refractivity contribution in [3.05, 3.63) is 35.1 Å². The molecule has 7 heteroatoms. The standard InChI is InChI=1S/C21H34FN3O2.HI/c1-3-23-20(24-14-17-7-8-19(22)18(13-17)15-26)25-16-21(9-5-6-10-21)11-12-27-4-2;/h7-8,13,26H,3-6,9-12,14-16H2,1-2H3,(H2,23,24,25);1H. The van der Waals surface area contributed by atoms with Crippen LogP contribution in [0.4, 0.5) is 4.39 Å². The fourth-order valence-electron chi connectivity index (χ4n) is 3.70. The third-order valence-corrected chi connectivity index (χ3v) is 5.32. The van der Waals surface area contributed by atoms with Gasteiger partial charge in [-0.25, -0.2) is 9.38 Å². The maximum atomic E-state index is 13.5. The van der Waals surface area contributed by atoms with E-state index in [0.29, 0.717) is 12.1 Å². The number of nitrogens with one attached hydrogen (secondary N) is 2. The first-order valence-electron chi connectivity index (χ1n) is 10.1. The fourth-order valence-corrected chi connectivity index (χ4v) is 3.70. The molecule has 160 valence electrons. The summed E-state index contributed by atoms with van der Waals surface area (Å²) in [5.74, 6) is 0.391. The van der Waals surface area contributed by atoms with Gasteiger partial charge in [-0.2, -0.15) is 0 Å². The quantitative estimate of drug-likeness (QED) is 0.194. The second-order valence-corrected chi connectivity index (χ2v) is 7.29. The van der Waals surface area contributed by atoms with Gasteiger partial charge < -0.3 is 20.5 Å². The van der Waals surface area contributed by atoms with Crippen LogP contribution in [0.5, 0.6) is 0 Å². The Bertz CT molecular complexity index is 607. The summed E-state index contributed by atoms with van der Waals surface area (Å²) in [4.78, 5) is 4.64. The minimum atomic E-state index is -0.382. The molecular formula is C21H35FIN3O2. The lowest BCUT2D eigenvalue weighted by molar-refractivity contribution is 0.105. The monoisotopic (exact) mass is 507 g/mol. The van der Waals surface area contributed by atoms with Gasteiger partial charge in [0, 0.05) is 31.9 Å². The predicted octanol–water partition coefficient (Wildman–Crippen LogP) is 3.98. The summed E-state index contributed by atoms with van der Waals surface area (Å²) >= 11 is 0. The van der Waals surface area contributed by atoms with Gasteiger partial charge >= 0.3 is 0 Å². The zero-order valence-electron chi connectivity index (χ0n) is 17.1. The van der Waals surface area contributed by atoms with Crippen molar-refractivity contribution in [3.63, 3.8) is 0 Å². The lowest BCUT2D eigenvalue weighted by Gasteiger charge is -2.30. The number of rotatable bonds is 10. The van der Waals surface area contributed by atoms with Gasteiger partial charge in [0.15, 0.2) is 5.96 Å². The largest absolute Gasteiger partial charge is 0.392 e. The zero-order chi connectivity index (χ0) is 19.5. The van der Waals surface area contributed by atoms with Crippen molar-refractivity contribution in [2.75, 3.05) is 26.3 Å². The maximum absolute atomic E-state index is 13.5. The molecule has 1 fully saturated rings. The molecule has 1 saturated carbocycles. The van der Waals surface area contributed by atoms with Gasteiger partial charge in [0.1, 0.15) is 5.82 Å². The molecule has 0 aromatic heterocycles. The summed E-state index contributed by atoms with van der Waals surface area (Å²) in [6.45, 7) is 7.46. The summed E-state index contributed by atoms with van der Waals surface area (Å²) in [6.07, 6.45) is 6.08. The fraction of sp³-hybridized carbons (Fsp3) is 0.667. The van der Waals surface area contributed by atoms with Gasteiger partial charge in [-0.15, -0.1) is 24.0 Å². The molecule has 0 bridgehead atoms. The minimum absolute atomic E-state index is 0. The molecule has 1 aliphatic carbocycles. The van der Waals surface area contributed by atoms with Crippen molar-refractivity contribution in [1.82, 2.24) is 10.6 Å². The predicted molar refractivity (Wildman–Crippen MR) is 123 cm³/mol. The number of aliphatic imine (C=N–C) groups is 1. The molecular weight excluding hydrogens is 472 g/mol. The number of hydrogen-bond acceptors (Lipinski definition) is 3. The SMILES string of the molecule is CCNC(=NCc1ccc(F)c(CO)c1)NCC1(CCOCC)CCCC1.I. The Morgan fingerprint density at radius 2 is 2.00 bits per heavy atom. The molecule has 1 aromatic rings. The Kier molecular flexibility index (Phi) is 11.9. The summed E-state index contributed by atoms with van der Waals surface area (Å²) in [5.41, 5.74) is 1.47. The smallest absolute Gasteiger partial charge is 0.191 e. The van der Waals surface area contributed by atoms with Gasteiger partial charge in [-0.1, -0.05) is 18.9 Å². The Hall–Kier alpha value is -0.930. The second-order valence-electron chi connectivity index (χ2n) is 7.29. The number of nitrogens with zero attached hydrogens (tertiary/aromatic N) is 1. The molecule has 0 saturated heterocycles. The highest BCUT2D eigenvalue weighted by molar-refractivity contribution is 14.0. The number of guanidine groups is 1. The van der Waals surface area contributed by atoms with E-state index in [-0.39, 0.29) is 41.8 Å². The van der Waals surface area contributed by atoms with Crippen molar-refractivity contribution in [1.29, 1.82) is 0 Å². The van der Waals surface area contributed by atoms with E-state index in [1.807, 2.05) is 13.8 Å². The molecule has 1 aromatic carbocycles. The molecule has 28 heavy (non-hydrogen) atoms. The molecule has 0 spiro atoms. The van der Waals surface area contributed by atoms with Gasteiger partial charge in [0.05, 0.1) is 13.2 Å². The van der Waals surface area contributed by atoms with E-state index in [4.69, 9.17) is 4.74 Å². The average Bonchev–Trinajstić information content (AvgIpc) is 3.14. The molecule has 0 aliphatic heterocycles. The Balaban J connectivity index is 0.00000392. The summed E-state index contributed by atoms with van der Waals surface area (Å²) in [7, 11) is 0. The van der Waals surface area contributed by atoms with E-state index in [9.17, 15) is 9.50 Å². The molecule has 0 amide bonds. The lowest BCUT2D eigenvalue weighted by Crippen LogP contribution is -2.43. The first-order chi connectivity index (χ1) is 13.1. The van der Waals surface area contributed by atoms with E-state index >= 15 is 0 Å². The Morgan fingerprint density at radius 1 is 1.25 bits per heavy atom. The molecule has 0 unspecified atom stereocenters. The normalized spacial score (nSPS) is 15.9. The number of aliphatic hydroxyl groups is 1. The van der Waals surface area contributed by atoms with E-state index in [1.54, 1.807) is 12.1 Å². The third kappa shape index (κ3) is 7.83. The lowest BCUT2D eigenvalue weighted by atomic mass is 9.83. The van der Waals surface area contributed by atoms with Gasteiger partial charge in [-0.3, -0.25) is 0 Å². The first kappa shape index (κ1) is 25.1. The Morgan fingerprint density at radius 3 is 2.64 bits per heavy atom. The average molecular weight is 507 g/mol. The van der Waals surface area contributed by atoms with Gasteiger partial charge in [0.25, 0.3) is 0 Å². The Labute approximate surface area is 185 Å². The van der Waals surface area contributed by atoms with Crippen LogP contribution < -0.4 is 10.6 Å². The highest BCUT2D eigenvalue weighted by Crippen LogP contribution is 2.40. The van der Waals surface area contributed by atoms with Crippen molar-refractivity contribution in [3.8, 4) is 0 Å². The highest BCUT2D eigenvalue weighted by Gasteiger charge is 2.33. The first-order valence-corrected chi connectivity index (χ1v) is 10.1. The van der Waals surface area contributed by atoms with Crippen LogP contribution in [0.15, 0.2) is 23.2 Å². The highest BCUT2D eigenvalue weighted by atomic mass is 127. The molecule has 0 atom stereocenters. The summed E-state index contributed by atoms with van der Waals surface area (Å²) in [6, 6.07) is 4.77. The van der Waals surface area contributed by atoms with Crippen LogP contribution in [0.2, 0.25) is 0 Å². The van der Waals surface area contributed by atoms with Crippen LogP contribution in [0.3, 0.4) is 0 Å². The van der Waals surface area contributed by atoms with Crippen LogP contribution in [-0.2, 0) is 17.9 Å². The molecule has 5 nitrogen and oxygen atoms in total. The van der Waals surface area contributed by atoms with Crippen LogP contribution in [0.25, 0.3) is 0 Å². The van der Waals surface area contributed by atoms with Crippen LogP contribution in [0.1, 0.15) is 57.1 Å². The minimum Gasteiger partial charge on any atom is -0.392 e. The van der Waals surface area contributed by atoms with Gasteiger partial charge in [0.2, 0.25) is 0 Å². The topological polar surface area (TPSA) is 65.9 Å². The number of hydrogen-bond donors (Lipinski definition) is 3. The van der Waals surface area contributed by atoms with E-state index in [1.165, 1.54) is 31.7 Å². The van der Waals surface area contributed by atoms with Crippen molar-refractivity contribution < 1.29 is 14.2 Å². The maximum Gasteiger partial charge on any atom is 0.191 e. The van der Waals surface area contributed by atoms with Crippen molar-refractivity contribution in [2.24, 2.45) is 10.4 Å². The van der Waals surface area contributed by atoms with Crippen LogP contribution in [-0.4, -0.2) is 37.4 Å². The van der Waals surface area contributed by atoms with Crippen LogP contribution in [0, 0.1) is 11.2 Å². The zero-order valence-corrected chi connectivity index (χ0v) is 19.4. The number of halogens is 2. The number of benzene rings is 1. The molecule has 2 rings (SSSR count). The third-order valence-electron chi connectivity index (χ3n) is 5.32. The summed E-state index contributed by atoms with van der Waals surface area (Å²) < 4.78 is 19.1. The van der Waals surface area contributed by atoms with Crippen molar-refractivity contribution >= 4 is 29.9 Å². The van der Waals surface area contributed by atoms with Crippen molar-refractivity contribution in [2.45, 2.75) is 59.1 Å². The second kappa shape index (κ2) is 13.3. The van der Waals surface area contributed by atoms with E-state index in [0.717, 1.165) is 44.2 Å². The molecule has 1 aliphatic rings. The van der Waals surface area contributed by atoms with Gasteiger partial charge in [-0.05, 0) is 56.2 Å². The van der Waals surface area contributed by atoms with E-state index < -0.39 is 0 Å². The van der Waals surface area contributed by atoms with Crippen LogP contribution >= 0.6 is 24.0 Å². The molecule has 0 heterocycles.